The predicted molar refractivity (Wildman–Crippen MR) is 72.6 cm³/mol. The fourth-order valence-corrected chi connectivity index (χ4v) is 2.54. The molecule has 5 heteroatoms. The Morgan fingerprint density at radius 3 is 2.89 bits per heavy atom. The van der Waals surface area contributed by atoms with Crippen molar-refractivity contribution in [3.8, 4) is 0 Å². The number of hydrogen-bond acceptors (Lipinski definition) is 3. The number of benzene rings is 1. The standard InChI is InChI=1S/C13H11BrN2O2/c14-12-5-4-11(18-12)13(17)16-7-6-8-9(15)2-1-3-10(8)16/h1-5H,6-7,15H2. The Morgan fingerprint density at radius 1 is 1.33 bits per heavy atom. The van der Waals surface area contributed by atoms with E-state index in [9.17, 15) is 4.79 Å². The highest BCUT2D eigenvalue weighted by molar-refractivity contribution is 9.10. The molecule has 2 heterocycles. The van der Waals surface area contributed by atoms with Gasteiger partial charge in [0.05, 0.1) is 0 Å². The second-order valence-corrected chi connectivity index (χ2v) is 4.94. The van der Waals surface area contributed by atoms with Crippen molar-refractivity contribution in [2.45, 2.75) is 6.42 Å². The Balaban J connectivity index is 1.97. The summed E-state index contributed by atoms with van der Waals surface area (Å²) in [7, 11) is 0. The lowest BCUT2D eigenvalue weighted by atomic mass is 10.1. The Hall–Kier alpha value is -1.75. The fraction of sp³-hybridized carbons (Fsp3) is 0.154. The molecule has 0 aliphatic carbocycles. The van der Waals surface area contributed by atoms with E-state index in [1.54, 1.807) is 17.0 Å². The van der Waals surface area contributed by atoms with E-state index in [0.717, 1.165) is 23.4 Å². The van der Waals surface area contributed by atoms with E-state index in [4.69, 9.17) is 10.2 Å². The molecule has 1 aromatic heterocycles. The number of carbonyl (C=O) groups is 1. The first kappa shape index (κ1) is 11.3. The average molecular weight is 307 g/mol. The molecule has 2 aromatic rings. The molecule has 1 aromatic carbocycles. The van der Waals surface area contributed by atoms with E-state index in [1.165, 1.54) is 0 Å². The molecule has 0 atom stereocenters. The first-order chi connectivity index (χ1) is 8.66. The van der Waals surface area contributed by atoms with Crippen LogP contribution in [0.5, 0.6) is 0 Å². The van der Waals surface area contributed by atoms with Gasteiger partial charge in [-0.05, 0) is 46.6 Å². The van der Waals surface area contributed by atoms with Gasteiger partial charge >= 0.3 is 0 Å². The molecule has 18 heavy (non-hydrogen) atoms. The first-order valence-electron chi connectivity index (χ1n) is 5.61. The van der Waals surface area contributed by atoms with E-state index in [1.807, 2.05) is 18.2 Å². The maximum absolute atomic E-state index is 12.3. The highest BCUT2D eigenvalue weighted by Crippen LogP contribution is 2.33. The summed E-state index contributed by atoms with van der Waals surface area (Å²) in [6.07, 6.45) is 0.787. The zero-order chi connectivity index (χ0) is 12.7. The fourth-order valence-electron chi connectivity index (χ4n) is 2.23. The summed E-state index contributed by atoms with van der Waals surface area (Å²) >= 11 is 3.19. The maximum Gasteiger partial charge on any atom is 0.294 e. The van der Waals surface area contributed by atoms with Gasteiger partial charge in [-0.15, -0.1) is 0 Å². The van der Waals surface area contributed by atoms with E-state index < -0.39 is 0 Å². The molecule has 0 saturated carbocycles. The Morgan fingerprint density at radius 2 is 2.17 bits per heavy atom. The van der Waals surface area contributed by atoms with Crippen LogP contribution >= 0.6 is 15.9 Å². The number of nitrogen functional groups attached to an aromatic ring is 1. The van der Waals surface area contributed by atoms with Gasteiger partial charge in [0.2, 0.25) is 0 Å². The summed E-state index contributed by atoms with van der Waals surface area (Å²) in [5.41, 5.74) is 8.57. The van der Waals surface area contributed by atoms with Crippen molar-refractivity contribution in [3.05, 3.63) is 46.3 Å². The number of carbonyl (C=O) groups excluding carboxylic acids is 1. The van der Waals surface area contributed by atoms with Crippen LogP contribution < -0.4 is 10.6 Å². The molecular formula is C13H11BrN2O2. The number of amides is 1. The van der Waals surface area contributed by atoms with Crippen LogP contribution in [0.2, 0.25) is 0 Å². The summed E-state index contributed by atoms with van der Waals surface area (Å²) in [6, 6.07) is 9.00. The summed E-state index contributed by atoms with van der Waals surface area (Å²) < 4.78 is 5.85. The number of hydrogen-bond donors (Lipinski definition) is 1. The van der Waals surface area contributed by atoms with Crippen molar-refractivity contribution >= 4 is 33.2 Å². The number of furan rings is 1. The van der Waals surface area contributed by atoms with Crippen molar-refractivity contribution < 1.29 is 9.21 Å². The van der Waals surface area contributed by atoms with Gasteiger partial charge in [-0.2, -0.15) is 0 Å². The Labute approximate surface area is 113 Å². The summed E-state index contributed by atoms with van der Waals surface area (Å²) in [5.74, 6) is 0.196. The number of anilines is 2. The zero-order valence-electron chi connectivity index (χ0n) is 9.52. The molecule has 92 valence electrons. The molecule has 0 spiro atoms. The quantitative estimate of drug-likeness (QED) is 0.824. The summed E-state index contributed by atoms with van der Waals surface area (Å²) in [4.78, 5) is 14.0. The normalized spacial score (nSPS) is 13.7. The molecular weight excluding hydrogens is 296 g/mol. The molecule has 0 saturated heterocycles. The second kappa shape index (κ2) is 4.17. The summed E-state index contributed by atoms with van der Waals surface area (Å²) in [6.45, 7) is 0.640. The molecule has 2 N–H and O–H groups in total. The van der Waals surface area contributed by atoms with E-state index in [-0.39, 0.29) is 5.91 Å². The highest BCUT2D eigenvalue weighted by Gasteiger charge is 2.28. The van der Waals surface area contributed by atoms with Crippen molar-refractivity contribution in [2.24, 2.45) is 0 Å². The van der Waals surface area contributed by atoms with Crippen LogP contribution in [-0.2, 0) is 6.42 Å². The van der Waals surface area contributed by atoms with Crippen LogP contribution in [0, 0.1) is 0 Å². The van der Waals surface area contributed by atoms with Gasteiger partial charge in [-0.3, -0.25) is 4.79 Å². The van der Waals surface area contributed by atoms with Gasteiger partial charge in [0.25, 0.3) is 5.91 Å². The van der Waals surface area contributed by atoms with Gasteiger partial charge in [0.1, 0.15) is 0 Å². The van der Waals surface area contributed by atoms with E-state index in [2.05, 4.69) is 15.9 Å². The minimum Gasteiger partial charge on any atom is -0.444 e. The molecule has 0 fully saturated rings. The predicted octanol–water partition coefficient (Wildman–Crippen LogP) is 2.83. The van der Waals surface area contributed by atoms with E-state index in [0.29, 0.717) is 17.0 Å². The Kier molecular flexibility index (Phi) is 2.63. The number of nitrogens with zero attached hydrogens (tertiary/aromatic N) is 1. The van der Waals surface area contributed by atoms with Crippen molar-refractivity contribution in [2.75, 3.05) is 17.2 Å². The van der Waals surface area contributed by atoms with Crippen LogP contribution in [0.25, 0.3) is 0 Å². The minimum absolute atomic E-state index is 0.134. The third kappa shape index (κ3) is 1.71. The molecule has 0 bridgehead atoms. The van der Waals surface area contributed by atoms with E-state index >= 15 is 0 Å². The van der Waals surface area contributed by atoms with Crippen LogP contribution in [0.15, 0.2) is 39.4 Å². The van der Waals surface area contributed by atoms with Gasteiger partial charge in [-0.25, -0.2) is 0 Å². The third-order valence-electron chi connectivity index (χ3n) is 3.09. The van der Waals surface area contributed by atoms with Crippen molar-refractivity contribution in [3.63, 3.8) is 0 Å². The van der Waals surface area contributed by atoms with Gasteiger partial charge in [-0.1, -0.05) is 6.07 Å². The highest BCUT2D eigenvalue weighted by atomic mass is 79.9. The molecule has 1 amide bonds. The molecule has 0 radical (unpaired) electrons. The maximum atomic E-state index is 12.3. The Bertz CT molecular complexity index is 621. The molecule has 4 nitrogen and oxygen atoms in total. The summed E-state index contributed by atoms with van der Waals surface area (Å²) in [5, 5.41) is 0. The molecule has 1 aliphatic rings. The van der Waals surface area contributed by atoms with Crippen LogP contribution in [0.4, 0.5) is 11.4 Å². The lowest BCUT2D eigenvalue weighted by Crippen LogP contribution is -2.28. The van der Waals surface area contributed by atoms with Crippen molar-refractivity contribution in [1.29, 1.82) is 0 Å². The van der Waals surface area contributed by atoms with Gasteiger partial charge in [0.15, 0.2) is 10.4 Å². The molecule has 3 rings (SSSR count). The largest absolute Gasteiger partial charge is 0.444 e. The van der Waals surface area contributed by atoms with Gasteiger partial charge < -0.3 is 15.1 Å². The first-order valence-corrected chi connectivity index (χ1v) is 6.40. The number of halogens is 1. The third-order valence-corrected chi connectivity index (χ3v) is 3.52. The average Bonchev–Trinajstić information content (AvgIpc) is 2.95. The minimum atomic E-state index is -0.134. The van der Waals surface area contributed by atoms with Crippen molar-refractivity contribution in [1.82, 2.24) is 0 Å². The number of rotatable bonds is 1. The second-order valence-electron chi connectivity index (χ2n) is 4.16. The van der Waals surface area contributed by atoms with Crippen LogP contribution in [-0.4, -0.2) is 12.5 Å². The topological polar surface area (TPSA) is 59.5 Å². The smallest absolute Gasteiger partial charge is 0.294 e. The monoisotopic (exact) mass is 306 g/mol. The number of fused-ring (bicyclic) bond motifs is 1. The SMILES string of the molecule is Nc1cccc2c1CCN2C(=O)c1ccc(Br)o1. The lowest BCUT2D eigenvalue weighted by Gasteiger charge is -2.15. The zero-order valence-corrected chi connectivity index (χ0v) is 11.1. The van der Waals surface area contributed by atoms with Gasteiger partial charge in [0, 0.05) is 23.5 Å². The molecule has 1 aliphatic heterocycles. The lowest BCUT2D eigenvalue weighted by molar-refractivity contribution is 0.0961. The number of nitrogens with two attached hydrogens (primary N) is 1. The molecule has 0 unspecified atom stereocenters. The van der Waals surface area contributed by atoms with Crippen LogP contribution in [0.1, 0.15) is 16.1 Å². The van der Waals surface area contributed by atoms with Crippen LogP contribution in [0.3, 0.4) is 0 Å².